The minimum Gasteiger partial charge on any atom is -0.353 e. The van der Waals surface area contributed by atoms with Gasteiger partial charge in [0.15, 0.2) is 12.4 Å². The minimum absolute atomic E-state index is 0.216. The molecule has 1 heterocycles. The second-order valence-electron chi connectivity index (χ2n) is 4.24. The van der Waals surface area contributed by atoms with Crippen molar-refractivity contribution < 1.29 is 34.7 Å². The molecule has 0 aromatic heterocycles. The van der Waals surface area contributed by atoms with Crippen LogP contribution in [0.2, 0.25) is 0 Å². The van der Waals surface area contributed by atoms with Crippen molar-refractivity contribution in [2.24, 2.45) is 5.11 Å². The largest absolute Gasteiger partial charge is 0.353 e. The Hall–Kier alpha value is -0.950. The fraction of sp³-hybridized carbons (Fsp3) is 1.00. The molecule has 0 bridgehead atoms. The number of nitrogens with zero attached hydrogens (tertiary/aromatic N) is 3. The molecule has 0 aromatic carbocycles. The van der Waals surface area contributed by atoms with Gasteiger partial charge in [0.25, 0.3) is 20.2 Å². The molecule has 1 rings (SSSR count). The Morgan fingerprint density at radius 2 is 1.67 bits per heavy atom. The van der Waals surface area contributed by atoms with Gasteiger partial charge in [0.1, 0.15) is 6.10 Å². The molecule has 1 saturated heterocycles. The van der Waals surface area contributed by atoms with Gasteiger partial charge < -0.3 is 9.47 Å². The van der Waals surface area contributed by atoms with Crippen LogP contribution in [-0.4, -0.2) is 67.6 Å². The number of azide groups is 1. The van der Waals surface area contributed by atoms with Crippen molar-refractivity contribution in [1.82, 2.24) is 0 Å². The van der Waals surface area contributed by atoms with Gasteiger partial charge in [-0.2, -0.15) is 16.8 Å². The van der Waals surface area contributed by atoms with E-state index in [0.29, 0.717) is 0 Å². The van der Waals surface area contributed by atoms with Crippen LogP contribution in [-0.2, 0) is 38.1 Å². The van der Waals surface area contributed by atoms with Crippen LogP contribution in [0, 0.1) is 0 Å². The first kappa shape index (κ1) is 18.1. The van der Waals surface area contributed by atoms with Crippen molar-refractivity contribution >= 4 is 20.2 Å². The second-order valence-corrected chi connectivity index (χ2v) is 7.44. The summed E-state index contributed by atoms with van der Waals surface area (Å²) in [5.74, 6) is 0. The van der Waals surface area contributed by atoms with E-state index in [2.05, 4.69) is 10.0 Å². The van der Waals surface area contributed by atoms with Gasteiger partial charge in [0.05, 0.1) is 25.2 Å². The van der Waals surface area contributed by atoms with Crippen LogP contribution in [0.4, 0.5) is 0 Å². The third-order valence-electron chi connectivity index (χ3n) is 2.41. The summed E-state index contributed by atoms with van der Waals surface area (Å²) in [6.07, 6.45) is -2.49. The molecule has 4 atom stereocenters. The predicted octanol–water partition coefficient (Wildman–Crippen LogP) is -0.642. The number of hydrogen-bond acceptors (Lipinski definition) is 9. The van der Waals surface area contributed by atoms with Gasteiger partial charge in [-0.1, -0.05) is 5.11 Å². The smallest absolute Gasteiger partial charge is 0.264 e. The SMILES string of the molecule is CO[C@H]1OC[C@@H](N=[N+]=[N-])[C@@H](OS(C)(=O)=O)[C@H]1OS(C)(=O)=O. The van der Waals surface area contributed by atoms with Crippen LogP contribution >= 0.6 is 0 Å². The Morgan fingerprint density at radius 3 is 2.10 bits per heavy atom. The topological polar surface area (TPSA) is 154 Å². The summed E-state index contributed by atoms with van der Waals surface area (Å²) >= 11 is 0. The van der Waals surface area contributed by atoms with E-state index in [1.165, 1.54) is 7.11 Å². The zero-order valence-electron chi connectivity index (χ0n) is 11.4. The fourth-order valence-electron chi connectivity index (χ4n) is 1.75. The molecule has 0 spiro atoms. The highest BCUT2D eigenvalue weighted by Gasteiger charge is 2.45. The average molecular weight is 345 g/mol. The molecule has 0 aliphatic carbocycles. The quantitative estimate of drug-likeness (QED) is 0.266. The molecule has 0 N–H and O–H groups in total. The third kappa shape index (κ3) is 5.74. The minimum atomic E-state index is -3.96. The highest BCUT2D eigenvalue weighted by Crippen LogP contribution is 2.26. The zero-order chi connectivity index (χ0) is 16.3. The summed E-state index contributed by atoms with van der Waals surface area (Å²) < 4.78 is 64.8. The van der Waals surface area contributed by atoms with E-state index < -0.39 is 44.8 Å². The molecule has 0 amide bonds. The summed E-state index contributed by atoms with van der Waals surface area (Å²) in [4.78, 5) is 2.55. The van der Waals surface area contributed by atoms with E-state index in [0.717, 1.165) is 12.5 Å². The van der Waals surface area contributed by atoms with Gasteiger partial charge in [0, 0.05) is 12.0 Å². The molecular weight excluding hydrogens is 330 g/mol. The van der Waals surface area contributed by atoms with Gasteiger partial charge in [-0.3, -0.25) is 8.37 Å². The second kappa shape index (κ2) is 6.87. The van der Waals surface area contributed by atoms with Crippen molar-refractivity contribution in [2.75, 3.05) is 26.2 Å². The van der Waals surface area contributed by atoms with Crippen LogP contribution in [0.5, 0.6) is 0 Å². The first-order chi connectivity index (χ1) is 9.57. The maximum atomic E-state index is 11.3. The normalized spacial score (nSPS) is 30.6. The molecule has 1 aliphatic heterocycles. The predicted molar refractivity (Wildman–Crippen MR) is 69.1 cm³/mol. The third-order valence-corrected chi connectivity index (χ3v) is 3.55. The van der Waals surface area contributed by atoms with Crippen LogP contribution in [0.1, 0.15) is 0 Å². The van der Waals surface area contributed by atoms with E-state index in [4.69, 9.17) is 23.4 Å². The molecule has 0 radical (unpaired) electrons. The van der Waals surface area contributed by atoms with E-state index in [1.54, 1.807) is 0 Å². The maximum absolute atomic E-state index is 11.3. The zero-order valence-corrected chi connectivity index (χ0v) is 13.1. The lowest BCUT2D eigenvalue weighted by atomic mass is 10.0. The van der Waals surface area contributed by atoms with Crippen molar-refractivity contribution in [2.45, 2.75) is 24.5 Å². The first-order valence-electron chi connectivity index (χ1n) is 5.52. The number of hydrogen-bond donors (Lipinski definition) is 0. The lowest BCUT2D eigenvalue weighted by Gasteiger charge is -2.38. The summed E-state index contributed by atoms with van der Waals surface area (Å²) in [6.45, 7) is -0.216. The van der Waals surface area contributed by atoms with Crippen molar-refractivity contribution in [3.63, 3.8) is 0 Å². The molecule has 21 heavy (non-hydrogen) atoms. The van der Waals surface area contributed by atoms with Gasteiger partial charge in [-0.05, 0) is 5.53 Å². The lowest BCUT2D eigenvalue weighted by Crippen LogP contribution is -2.56. The Labute approximate surface area is 122 Å². The summed E-state index contributed by atoms with van der Waals surface area (Å²) in [7, 11) is -6.71. The molecule has 1 aliphatic rings. The summed E-state index contributed by atoms with van der Waals surface area (Å²) in [6, 6.07) is -1.09. The number of methoxy groups -OCH3 is 1. The Kier molecular flexibility index (Phi) is 5.92. The van der Waals surface area contributed by atoms with Crippen molar-refractivity contribution in [3.8, 4) is 0 Å². The van der Waals surface area contributed by atoms with Crippen LogP contribution in [0.3, 0.4) is 0 Å². The molecule has 1 fully saturated rings. The highest BCUT2D eigenvalue weighted by molar-refractivity contribution is 7.86. The van der Waals surface area contributed by atoms with Crippen LogP contribution in [0.25, 0.3) is 10.4 Å². The number of rotatable bonds is 6. The molecule has 13 heteroatoms. The first-order valence-corrected chi connectivity index (χ1v) is 9.16. The summed E-state index contributed by atoms with van der Waals surface area (Å²) in [5, 5.41) is 3.33. The van der Waals surface area contributed by atoms with Crippen molar-refractivity contribution in [1.29, 1.82) is 0 Å². The summed E-state index contributed by atoms with van der Waals surface area (Å²) in [5.41, 5.74) is 8.48. The maximum Gasteiger partial charge on any atom is 0.264 e. The monoisotopic (exact) mass is 345 g/mol. The molecule has 0 aromatic rings. The van der Waals surface area contributed by atoms with E-state index in [-0.39, 0.29) is 6.61 Å². The van der Waals surface area contributed by atoms with Gasteiger partial charge in [-0.25, -0.2) is 0 Å². The van der Waals surface area contributed by atoms with Crippen molar-refractivity contribution in [3.05, 3.63) is 10.4 Å². The van der Waals surface area contributed by atoms with Crippen LogP contribution in [0.15, 0.2) is 5.11 Å². The Morgan fingerprint density at radius 1 is 1.14 bits per heavy atom. The molecule has 11 nitrogen and oxygen atoms in total. The van der Waals surface area contributed by atoms with Gasteiger partial charge in [-0.15, -0.1) is 0 Å². The van der Waals surface area contributed by atoms with E-state index in [1.807, 2.05) is 0 Å². The number of ether oxygens (including phenoxy) is 2. The van der Waals surface area contributed by atoms with E-state index >= 15 is 0 Å². The van der Waals surface area contributed by atoms with Crippen LogP contribution < -0.4 is 0 Å². The molecule has 0 saturated carbocycles. The lowest BCUT2D eigenvalue weighted by molar-refractivity contribution is -0.223. The average Bonchev–Trinajstić information content (AvgIpc) is 2.30. The Balaban J connectivity index is 3.19. The van der Waals surface area contributed by atoms with E-state index in [9.17, 15) is 16.8 Å². The van der Waals surface area contributed by atoms with Gasteiger partial charge in [0.2, 0.25) is 0 Å². The van der Waals surface area contributed by atoms with Gasteiger partial charge >= 0.3 is 0 Å². The fourth-order valence-corrected chi connectivity index (χ4v) is 2.99. The molecular formula is C8H15N3O8S2. The molecule has 0 unspecified atom stereocenters. The standard InChI is InChI=1S/C8H15N3O8S2/c1-16-8-7(19-21(3,14)15)6(18-20(2,12)13)5(4-17-8)10-11-9/h5-8H,4H2,1-3H3/t5-,6-,7-,8+/m1/s1. The molecule has 122 valence electrons. The highest BCUT2D eigenvalue weighted by atomic mass is 32.2. The Bertz CT molecular complexity index is 611.